The van der Waals surface area contributed by atoms with E-state index in [2.05, 4.69) is 5.43 Å². The molecule has 0 fully saturated rings. The number of nitrogens with two attached hydrogens (primary N) is 1. The lowest BCUT2D eigenvalue weighted by molar-refractivity contribution is 0.628. The maximum absolute atomic E-state index is 13.4. The zero-order chi connectivity index (χ0) is 11.5. The summed E-state index contributed by atoms with van der Waals surface area (Å²) in [6, 6.07) is 10.5. The van der Waals surface area contributed by atoms with E-state index in [1.54, 1.807) is 18.2 Å². The van der Waals surface area contributed by atoms with Gasteiger partial charge in [-0.3, -0.25) is 5.84 Å². The van der Waals surface area contributed by atoms with Gasteiger partial charge < -0.3 is 5.43 Å². The molecule has 2 aromatic carbocycles. The van der Waals surface area contributed by atoms with Crippen molar-refractivity contribution in [1.82, 2.24) is 0 Å². The molecule has 0 heterocycles. The van der Waals surface area contributed by atoms with Gasteiger partial charge in [0.15, 0.2) is 0 Å². The van der Waals surface area contributed by atoms with Crippen LogP contribution in [0.25, 0.3) is 11.1 Å². The molecule has 0 spiro atoms. The van der Waals surface area contributed by atoms with Crippen LogP contribution in [0, 0.1) is 11.6 Å². The molecule has 0 unspecified atom stereocenters. The van der Waals surface area contributed by atoms with Gasteiger partial charge >= 0.3 is 0 Å². The lowest BCUT2D eigenvalue weighted by atomic mass is 10.1. The number of hydrazine groups is 1. The SMILES string of the molecule is NNc1ccc(-c2ccc(F)cc2)cc1F. The summed E-state index contributed by atoms with van der Waals surface area (Å²) in [6.07, 6.45) is 0. The molecule has 0 atom stereocenters. The molecule has 0 bridgehead atoms. The molecule has 0 aliphatic heterocycles. The lowest BCUT2D eigenvalue weighted by Gasteiger charge is -2.05. The Morgan fingerprint density at radius 1 is 0.875 bits per heavy atom. The van der Waals surface area contributed by atoms with E-state index in [0.717, 1.165) is 5.56 Å². The molecule has 2 aromatic rings. The Hall–Kier alpha value is -1.94. The highest BCUT2D eigenvalue weighted by atomic mass is 19.1. The highest BCUT2D eigenvalue weighted by Crippen LogP contribution is 2.23. The summed E-state index contributed by atoms with van der Waals surface area (Å²) in [5, 5.41) is 0. The second kappa shape index (κ2) is 4.28. The molecule has 4 heteroatoms. The van der Waals surface area contributed by atoms with E-state index in [9.17, 15) is 8.78 Å². The van der Waals surface area contributed by atoms with E-state index in [0.29, 0.717) is 5.56 Å². The third-order valence-electron chi connectivity index (χ3n) is 2.30. The smallest absolute Gasteiger partial charge is 0.148 e. The summed E-state index contributed by atoms with van der Waals surface area (Å²) in [5.74, 6) is 4.36. The topological polar surface area (TPSA) is 38.0 Å². The summed E-state index contributed by atoms with van der Waals surface area (Å²) in [7, 11) is 0. The summed E-state index contributed by atoms with van der Waals surface area (Å²) < 4.78 is 26.1. The highest BCUT2D eigenvalue weighted by Gasteiger charge is 2.03. The maximum atomic E-state index is 13.4. The van der Waals surface area contributed by atoms with E-state index in [4.69, 9.17) is 5.84 Å². The minimum atomic E-state index is -0.440. The van der Waals surface area contributed by atoms with Crippen molar-refractivity contribution in [3.63, 3.8) is 0 Å². The van der Waals surface area contributed by atoms with E-state index in [1.165, 1.54) is 24.3 Å². The standard InChI is InChI=1S/C12H10F2N2/c13-10-4-1-8(2-5-10)9-3-6-12(16-15)11(14)7-9/h1-7,16H,15H2. The normalized spacial score (nSPS) is 10.2. The quantitative estimate of drug-likeness (QED) is 0.603. The highest BCUT2D eigenvalue weighted by molar-refractivity contribution is 5.66. The Kier molecular flexibility index (Phi) is 2.83. The van der Waals surface area contributed by atoms with Gasteiger partial charge in [-0.2, -0.15) is 0 Å². The number of benzene rings is 2. The second-order valence-corrected chi connectivity index (χ2v) is 3.35. The Morgan fingerprint density at radius 3 is 2.06 bits per heavy atom. The molecule has 2 nitrogen and oxygen atoms in total. The number of nitrogens with one attached hydrogen (secondary N) is 1. The van der Waals surface area contributed by atoms with Gasteiger partial charge in [-0.05, 0) is 35.4 Å². The first kappa shape index (κ1) is 10.6. The van der Waals surface area contributed by atoms with Gasteiger partial charge in [-0.1, -0.05) is 18.2 Å². The van der Waals surface area contributed by atoms with Crippen LogP contribution in [0.2, 0.25) is 0 Å². The first-order chi connectivity index (χ1) is 7.70. The minimum absolute atomic E-state index is 0.228. The third-order valence-corrected chi connectivity index (χ3v) is 2.30. The van der Waals surface area contributed by atoms with Crippen molar-refractivity contribution in [2.24, 2.45) is 5.84 Å². The van der Waals surface area contributed by atoms with Gasteiger partial charge in [0, 0.05) is 0 Å². The fraction of sp³-hybridized carbons (Fsp3) is 0. The number of anilines is 1. The molecule has 82 valence electrons. The van der Waals surface area contributed by atoms with Crippen molar-refractivity contribution in [1.29, 1.82) is 0 Å². The number of halogens is 2. The van der Waals surface area contributed by atoms with Gasteiger partial charge in [0.05, 0.1) is 5.69 Å². The summed E-state index contributed by atoms with van der Waals surface area (Å²) in [5.41, 5.74) is 3.91. The van der Waals surface area contributed by atoms with Gasteiger partial charge in [0.2, 0.25) is 0 Å². The van der Waals surface area contributed by atoms with Gasteiger partial charge in [0.25, 0.3) is 0 Å². The van der Waals surface area contributed by atoms with Crippen molar-refractivity contribution >= 4 is 5.69 Å². The molecule has 0 amide bonds. The summed E-state index contributed by atoms with van der Waals surface area (Å²) >= 11 is 0. The summed E-state index contributed by atoms with van der Waals surface area (Å²) in [4.78, 5) is 0. The molecule has 3 N–H and O–H groups in total. The molecule has 16 heavy (non-hydrogen) atoms. The van der Waals surface area contributed by atoms with Crippen LogP contribution in [-0.2, 0) is 0 Å². The van der Waals surface area contributed by atoms with Crippen LogP contribution in [0.3, 0.4) is 0 Å². The molecule has 0 saturated carbocycles. The van der Waals surface area contributed by atoms with Crippen LogP contribution in [-0.4, -0.2) is 0 Å². The first-order valence-electron chi connectivity index (χ1n) is 4.73. The fourth-order valence-corrected chi connectivity index (χ4v) is 1.45. The van der Waals surface area contributed by atoms with Gasteiger partial charge in [0.1, 0.15) is 11.6 Å². The number of hydrogen-bond donors (Lipinski definition) is 2. The Morgan fingerprint density at radius 2 is 1.50 bits per heavy atom. The van der Waals surface area contributed by atoms with E-state index in [-0.39, 0.29) is 11.5 Å². The average Bonchev–Trinajstić information content (AvgIpc) is 2.30. The van der Waals surface area contributed by atoms with E-state index < -0.39 is 5.82 Å². The molecule has 0 aliphatic carbocycles. The van der Waals surface area contributed by atoms with Crippen molar-refractivity contribution in [2.75, 3.05) is 5.43 Å². The molecular weight excluding hydrogens is 210 g/mol. The monoisotopic (exact) mass is 220 g/mol. The van der Waals surface area contributed by atoms with Crippen LogP contribution in [0.5, 0.6) is 0 Å². The molecule has 0 aromatic heterocycles. The molecule has 2 rings (SSSR count). The number of rotatable bonds is 2. The van der Waals surface area contributed by atoms with Crippen molar-refractivity contribution in [3.05, 3.63) is 54.1 Å². The Labute approximate surface area is 91.7 Å². The molecule has 0 radical (unpaired) electrons. The Balaban J connectivity index is 2.41. The van der Waals surface area contributed by atoms with Crippen LogP contribution >= 0.6 is 0 Å². The second-order valence-electron chi connectivity index (χ2n) is 3.35. The zero-order valence-corrected chi connectivity index (χ0v) is 8.37. The maximum Gasteiger partial charge on any atom is 0.148 e. The first-order valence-corrected chi connectivity index (χ1v) is 4.73. The van der Waals surface area contributed by atoms with E-state index >= 15 is 0 Å². The van der Waals surface area contributed by atoms with Crippen LogP contribution in [0.1, 0.15) is 0 Å². The largest absolute Gasteiger partial charge is 0.321 e. The summed E-state index contributed by atoms with van der Waals surface area (Å²) in [6.45, 7) is 0. The minimum Gasteiger partial charge on any atom is -0.321 e. The van der Waals surface area contributed by atoms with Crippen molar-refractivity contribution in [2.45, 2.75) is 0 Å². The molecular formula is C12H10F2N2. The van der Waals surface area contributed by atoms with Crippen molar-refractivity contribution < 1.29 is 8.78 Å². The average molecular weight is 220 g/mol. The number of nitrogen functional groups attached to an aromatic ring is 1. The predicted octanol–water partition coefficient (Wildman–Crippen LogP) is 2.92. The van der Waals surface area contributed by atoms with Gasteiger partial charge in [-0.15, -0.1) is 0 Å². The fourth-order valence-electron chi connectivity index (χ4n) is 1.45. The predicted molar refractivity (Wildman–Crippen MR) is 59.6 cm³/mol. The van der Waals surface area contributed by atoms with E-state index in [1.807, 2.05) is 0 Å². The lowest BCUT2D eigenvalue weighted by Crippen LogP contribution is -2.08. The van der Waals surface area contributed by atoms with Crippen molar-refractivity contribution in [3.8, 4) is 11.1 Å². The molecule has 0 aliphatic rings. The van der Waals surface area contributed by atoms with Crippen LogP contribution < -0.4 is 11.3 Å². The number of hydrogen-bond acceptors (Lipinski definition) is 2. The zero-order valence-electron chi connectivity index (χ0n) is 8.37. The van der Waals surface area contributed by atoms with Gasteiger partial charge in [-0.25, -0.2) is 8.78 Å². The van der Waals surface area contributed by atoms with Crippen LogP contribution in [0.4, 0.5) is 14.5 Å². The Bertz CT molecular complexity index is 495. The molecule has 0 saturated heterocycles. The third kappa shape index (κ3) is 2.01. The van der Waals surface area contributed by atoms with Crippen LogP contribution in [0.15, 0.2) is 42.5 Å².